The molecule has 0 aromatic carbocycles. The highest BCUT2D eigenvalue weighted by molar-refractivity contribution is 4.92. The number of hydrogen-bond donors (Lipinski definition) is 1. The molecule has 0 amide bonds. The Kier molecular flexibility index (Phi) is 3.77. The highest BCUT2D eigenvalue weighted by atomic mass is 14.9. The molecule has 0 radical (unpaired) electrons. The van der Waals surface area contributed by atoms with Crippen molar-refractivity contribution in [3.05, 3.63) is 0 Å². The third-order valence-corrected chi connectivity index (χ3v) is 3.84. The molecule has 0 rings (SSSR count). The highest BCUT2D eigenvalue weighted by Crippen LogP contribution is 2.43. The monoisotopic (exact) mass is 171 g/mol. The van der Waals surface area contributed by atoms with Gasteiger partial charge in [-0.2, -0.15) is 0 Å². The molecular formula is C11H25N. The Hall–Kier alpha value is -0.0400. The molecular weight excluding hydrogens is 146 g/mol. The fourth-order valence-corrected chi connectivity index (χ4v) is 1.80. The van der Waals surface area contributed by atoms with Crippen LogP contribution in [0.2, 0.25) is 0 Å². The van der Waals surface area contributed by atoms with Gasteiger partial charge in [0.15, 0.2) is 0 Å². The van der Waals surface area contributed by atoms with E-state index in [9.17, 15) is 0 Å². The van der Waals surface area contributed by atoms with Gasteiger partial charge in [-0.3, -0.25) is 0 Å². The summed E-state index contributed by atoms with van der Waals surface area (Å²) in [4.78, 5) is 0. The van der Waals surface area contributed by atoms with Crippen LogP contribution in [0.4, 0.5) is 0 Å². The maximum Gasteiger partial charge on any atom is 0.00944 e. The molecule has 0 saturated carbocycles. The van der Waals surface area contributed by atoms with Crippen molar-refractivity contribution in [3.8, 4) is 0 Å². The zero-order chi connectivity index (χ0) is 9.99. The predicted octanol–water partition coefficient (Wildman–Crippen LogP) is 3.06. The standard InChI is InChI=1S/C11H25N/c1-8-11(6,9(2)12-7)10(3,4)5/h9,12H,8H2,1-7H3. The third-order valence-electron chi connectivity index (χ3n) is 3.84. The zero-order valence-corrected chi connectivity index (χ0v) is 9.78. The van der Waals surface area contributed by atoms with E-state index in [2.05, 4.69) is 46.9 Å². The summed E-state index contributed by atoms with van der Waals surface area (Å²) in [5.74, 6) is 0. The van der Waals surface area contributed by atoms with Crippen LogP contribution in [0.3, 0.4) is 0 Å². The topological polar surface area (TPSA) is 12.0 Å². The lowest BCUT2D eigenvalue weighted by Crippen LogP contribution is -2.47. The summed E-state index contributed by atoms with van der Waals surface area (Å²) in [6.07, 6.45) is 1.22. The van der Waals surface area contributed by atoms with E-state index in [0.29, 0.717) is 16.9 Å². The Balaban J connectivity index is 4.67. The Bertz CT molecular complexity index is 134. The first-order valence-corrected chi connectivity index (χ1v) is 4.97. The Morgan fingerprint density at radius 2 is 1.58 bits per heavy atom. The van der Waals surface area contributed by atoms with Gasteiger partial charge in [-0.25, -0.2) is 0 Å². The molecule has 0 aliphatic rings. The van der Waals surface area contributed by atoms with Crippen molar-refractivity contribution in [1.29, 1.82) is 0 Å². The van der Waals surface area contributed by atoms with Gasteiger partial charge < -0.3 is 5.32 Å². The van der Waals surface area contributed by atoms with Crippen molar-refractivity contribution in [1.82, 2.24) is 5.32 Å². The second kappa shape index (κ2) is 3.78. The van der Waals surface area contributed by atoms with Crippen LogP contribution in [0.5, 0.6) is 0 Å². The highest BCUT2D eigenvalue weighted by Gasteiger charge is 2.39. The van der Waals surface area contributed by atoms with Crippen LogP contribution >= 0.6 is 0 Å². The molecule has 0 heterocycles. The van der Waals surface area contributed by atoms with Gasteiger partial charge in [-0.1, -0.05) is 34.6 Å². The lowest BCUT2D eigenvalue weighted by molar-refractivity contribution is 0.0634. The molecule has 0 aromatic heterocycles. The van der Waals surface area contributed by atoms with Gasteiger partial charge in [0.2, 0.25) is 0 Å². The Labute approximate surface area is 77.9 Å². The van der Waals surface area contributed by atoms with Gasteiger partial charge in [0.25, 0.3) is 0 Å². The maximum absolute atomic E-state index is 3.36. The van der Waals surface area contributed by atoms with E-state index in [1.54, 1.807) is 0 Å². The van der Waals surface area contributed by atoms with Gasteiger partial charge in [-0.15, -0.1) is 0 Å². The Morgan fingerprint density at radius 3 is 1.67 bits per heavy atom. The summed E-state index contributed by atoms with van der Waals surface area (Å²) in [5, 5.41) is 3.36. The normalized spacial score (nSPS) is 20.2. The maximum atomic E-state index is 3.36. The summed E-state index contributed by atoms with van der Waals surface area (Å²) in [7, 11) is 2.05. The largest absolute Gasteiger partial charge is 0.317 e. The Morgan fingerprint density at radius 1 is 1.17 bits per heavy atom. The lowest BCUT2D eigenvalue weighted by Gasteiger charge is -2.46. The molecule has 1 heteroatoms. The van der Waals surface area contributed by atoms with E-state index in [0.717, 1.165) is 0 Å². The van der Waals surface area contributed by atoms with E-state index >= 15 is 0 Å². The van der Waals surface area contributed by atoms with Gasteiger partial charge in [0.1, 0.15) is 0 Å². The molecule has 0 aromatic rings. The average molecular weight is 171 g/mol. The number of rotatable bonds is 3. The van der Waals surface area contributed by atoms with E-state index in [-0.39, 0.29) is 0 Å². The van der Waals surface area contributed by atoms with Crippen LogP contribution in [0, 0.1) is 10.8 Å². The van der Waals surface area contributed by atoms with Crippen molar-refractivity contribution >= 4 is 0 Å². The summed E-state index contributed by atoms with van der Waals surface area (Å²) in [5.41, 5.74) is 0.742. The molecule has 0 aliphatic carbocycles. The van der Waals surface area contributed by atoms with Crippen LogP contribution in [-0.2, 0) is 0 Å². The van der Waals surface area contributed by atoms with Crippen molar-refractivity contribution in [2.45, 2.75) is 54.0 Å². The van der Waals surface area contributed by atoms with Crippen LogP contribution in [-0.4, -0.2) is 13.1 Å². The fourth-order valence-electron chi connectivity index (χ4n) is 1.80. The van der Waals surface area contributed by atoms with Crippen molar-refractivity contribution in [2.24, 2.45) is 10.8 Å². The minimum Gasteiger partial charge on any atom is -0.317 e. The van der Waals surface area contributed by atoms with Crippen LogP contribution in [0.1, 0.15) is 48.0 Å². The van der Waals surface area contributed by atoms with E-state index in [1.807, 2.05) is 7.05 Å². The van der Waals surface area contributed by atoms with Crippen molar-refractivity contribution in [2.75, 3.05) is 7.05 Å². The molecule has 0 aliphatic heterocycles. The van der Waals surface area contributed by atoms with Crippen LogP contribution < -0.4 is 5.32 Å². The van der Waals surface area contributed by atoms with Crippen molar-refractivity contribution < 1.29 is 0 Å². The molecule has 0 fully saturated rings. The summed E-state index contributed by atoms with van der Waals surface area (Å²) >= 11 is 0. The first kappa shape index (κ1) is 12.0. The molecule has 12 heavy (non-hydrogen) atoms. The SMILES string of the molecule is CCC(C)(C(C)NC)C(C)(C)C. The second-order valence-electron chi connectivity index (χ2n) is 5.03. The molecule has 74 valence electrons. The minimum absolute atomic E-state index is 0.365. The van der Waals surface area contributed by atoms with Gasteiger partial charge in [0, 0.05) is 6.04 Å². The molecule has 0 bridgehead atoms. The summed E-state index contributed by atoms with van der Waals surface area (Å²) in [6.45, 7) is 13.9. The predicted molar refractivity (Wildman–Crippen MR) is 56.4 cm³/mol. The molecule has 2 unspecified atom stereocenters. The van der Waals surface area contributed by atoms with E-state index in [1.165, 1.54) is 6.42 Å². The minimum atomic E-state index is 0.365. The van der Waals surface area contributed by atoms with Crippen LogP contribution in [0.15, 0.2) is 0 Å². The van der Waals surface area contributed by atoms with Gasteiger partial charge in [-0.05, 0) is 31.2 Å². The molecule has 2 atom stereocenters. The first-order chi connectivity index (χ1) is 5.29. The smallest absolute Gasteiger partial charge is 0.00944 e. The van der Waals surface area contributed by atoms with E-state index < -0.39 is 0 Å². The average Bonchev–Trinajstić information content (AvgIpc) is 1.99. The van der Waals surface area contributed by atoms with E-state index in [4.69, 9.17) is 0 Å². The second-order valence-corrected chi connectivity index (χ2v) is 5.03. The third kappa shape index (κ3) is 2.01. The zero-order valence-electron chi connectivity index (χ0n) is 9.78. The summed E-state index contributed by atoms with van der Waals surface area (Å²) < 4.78 is 0. The molecule has 1 nitrogen and oxygen atoms in total. The van der Waals surface area contributed by atoms with Gasteiger partial charge in [0.05, 0.1) is 0 Å². The molecule has 1 N–H and O–H groups in total. The summed E-state index contributed by atoms with van der Waals surface area (Å²) in [6, 6.07) is 0.572. The van der Waals surface area contributed by atoms with Gasteiger partial charge >= 0.3 is 0 Å². The lowest BCUT2D eigenvalue weighted by atomic mass is 9.62. The molecule has 0 spiro atoms. The fraction of sp³-hybridized carbons (Fsp3) is 1.00. The number of hydrogen-bond acceptors (Lipinski definition) is 1. The molecule has 0 saturated heterocycles. The quantitative estimate of drug-likeness (QED) is 0.688. The first-order valence-electron chi connectivity index (χ1n) is 4.97. The van der Waals surface area contributed by atoms with Crippen molar-refractivity contribution in [3.63, 3.8) is 0 Å². The number of nitrogens with one attached hydrogen (secondary N) is 1. The van der Waals surface area contributed by atoms with Crippen LogP contribution in [0.25, 0.3) is 0 Å².